The smallest absolute Gasteiger partial charge is 0.410 e. The van der Waals surface area contributed by atoms with Gasteiger partial charge in [-0.15, -0.1) is 0 Å². The number of aromatic nitrogens is 2. The van der Waals surface area contributed by atoms with Crippen molar-refractivity contribution in [3.05, 3.63) is 89.5 Å². The first kappa shape index (κ1) is 19.2. The van der Waals surface area contributed by atoms with E-state index in [0.717, 1.165) is 36.4 Å². The van der Waals surface area contributed by atoms with E-state index < -0.39 is 0 Å². The molecule has 2 atom stereocenters. The highest BCUT2D eigenvalue weighted by atomic mass is 16.6. The minimum atomic E-state index is -0.208. The van der Waals surface area contributed by atoms with Crippen LogP contribution in [-0.2, 0) is 4.74 Å². The number of hydrogen-bond donors (Lipinski definition) is 0. The Morgan fingerprint density at radius 3 is 2.44 bits per heavy atom. The number of aryl methyl sites for hydroxylation is 1. The zero-order chi connectivity index (χ0) is 21.7. The summed E-state index contributed by atoms with van der Waals surface area (Å²) in [6, 6.07) is 19.0. The number of ether oxygens (including phenoxy) is 1. The minimum Gasteiger partial charge on any atom is -0.448 e. The van der Waals surface area contributed by atoms with Crippen molar-refractivity contribution in [3.63, 3.8) is 0 Å². The summed E-state index contributed by atoms with van der Waals surface area (Å²) in [5.74, 6) is 0.870. The molecule has 6 rings (SSSR count). The molecule has 1 aliphatic carbocycles. The Hall–Kier alpha value is -3.47. The zero-order valence-electron chi connectivity index (χ0n) is 18.1. The maximum atomic E-state index is 13.2. The van der Waals surface area contributed by atoms with E-state index in [1.54, 1.807) is 6.20 Å². The van der Waals surface area contributed by atoms with E-state index in [1.165, 1.54) is 22.3 Å². The second kappa shape index (κ2) is 7.59. The molecule has 2 aromatic carbocycles. The fourth-order valence-corrected chi connectivity index (χ4v) is 5.55. The van der Waals surface area contributed by atoms with E-state index in [2.05, 4.69) is 64.6 Å². The number of amides is 1. The highest BCUT2D eigenvalue weighted by Gasteiger charge is 2.41. The molecule has 3 aliphatic rings. The Morgan fingerprint density at radius 1 is 1.03 bits per heavy atom. The summed E-state index contributed by atoms with van der Waals surface area (Å²) >= 11 is 0. The van der Waals surface area contributed by atoms with Gasteiger partial charge in [0.2, 0.25) is 0 Å². The molecule has 5 heteroatoms. The molecule has 2 aliphatic heterocycles. The normalized spacial score (nSPS) is 21.2. The second-order valence-corrected chi connectivity index (χ2v) is 8.93. The van der Waals surface area contributed by atoms with Crippen LogP contribution in [0.4, 0.5) is 4.79 Å². The molecule has 1 amide bonds. The van der Waals surface area contributed by atoms with Crippen LogP contribution in [0.15, 0.2) is 66.9 Å². The maximum absolute atomic E-state index is 13.2. The fourth-order valence-electron chi connectivity index (χ4n) is 5.55. The van der Waals surface area contributed by atoms with Gasteiger partial charge in [-0.05, 0) is 60.1 Å². The van der Waals surface area contributed by atoms with Gasteiger partial charge in [-0.2, -0.15) is 0 Å². The maximum Gasteiger partial charge on any atom is 0.410 e. The Bertz CT molecular complexity index is 1190. The first-order valence-electron chi connectivity index (χ1n) is 11.3. The van der Waals surface area contributed by atoms with Crippen LogP contribution < -0.4 is 0 Å². The van der Waals surface area contributed by atoms with Crippen molar-refractivity contribution >= 4 is 11.7 Å². The van der Waals surface area contributed by atoms with Crippen molar-refractivity contribution in [1.29, 1.82) is 0 Å². The highest BCUT2D eigenvalue weighted by Crippen LogP contribution is 2.45. The van der Waals surface area contributed by atoms with Gasteiger partial charge >= 0.3 is 6.09 Å². The largest absolute Gasteiger partial charge is 0.448 e. The van der Waals surface area contributed by atoms with Gasteiger partial charge < -0.3 is 4.74 Å². The van der Waals surface area contributed by atoms with E-state index in [0.29, 0.717) is 6.61 Å². The summed E-state index contributed by atoms with van der Waals surface area (Å²) < 4.78 is 5.95. The Morgan fingerprint density at radius 2 is 1.75 bits per heavy atom. The monoisotopic (exact) mass is 423 g/mol. The molecule has 160 valence electrons. The number of benzene rings is 2. The molecular weight excluding hydrogens is 398 g/mol. The Kier molecular flexibility index (Phi) is 4.56. The van der Waals surface area contributed by atoms with Crippen molar-refractivity contribution in [2.24, 2.45) is 0 Å². The number of fused-ring (bicyclic) bond motifs is 5. The quantitative estimate of drug-likeness (QED) is 0.570. The highest BCUT2D eigenvalue weighted by molar-refractivity contribution is 5.79. The van der Waals surface area contributed by atoms with Crippen LogP contribution in [0.2, 0.25) is 0 Å². The Balaban J connectivity index is 1.20. The molecule has 3 aromatic rings. The summed E-state index contributed by atoms with van der Waals surface area (Å²) in [6.07, 6.45) is 6.49. The van der Waals surface area contributed by atoms with Crippen LogP contribution >= 0.6 is 0 Å². The molecular formula is C27H25N3O2. The molecule has 1 aromatic heterocycles. The molecule has 0 radical (unpaired) electrons. The van der Waals surface area contributed by atoms with Crippen molar-refractivity contribution in [2.75, 3.05) is 6.61 Å². The average Bonchev–Trinajstić information content (AvgIpc) is 3.28. The predicted molar refractivity (Wildman–Crippen MR) is 123 cm³/mol. The van der Waals surface area contributed by atoms with Gasteiger partial charge in [0.25, 0.3) is 0 Å². The third-order valence-corrected chi connectivity index (χ3v) is 7.02. The van der Waals surface area contributed by atoms with Crippen LogP contribution in [0.1, 0.15) is 47.8 Å². The first-order chi connectivity index (χ1) is 15.7. The SMILES string of the molecule is Cc1ccnc(C2=CC3CCC(C2)N3C(=O)OCC2c3ccccc3-c3ccccc32)n1. The van der Waals surface area contributed by atoms with Gasteiger partial charge in [0, 0.05) is 23.9 Å². The lowest BCUT2D eigenvalue weighted by molar-refractivity contribution is 0.0866. The van der Waals surface area contributed by atoms with E-state index in [9.17, 15) is 4.79 Å². The number of rotatable bonds is 3. The van der Waals surface area contributed by atoms with Crippen LogP contribution in [-0.4, -0.2) is 39.7 Å². The molecule has 0 N–H and O–H groups in total. The van der Waals surface area contributed by atoms with Crippen molar-refractivity contribution in [3.8, 4) is 11.1 Å². The van der Waals surface area contributed by atoms with Crippen LogP contribution in [0.3, 0.4) is 0 Å². The third kappa shape index (κ3) is 3.11. The molecule has 0 saturated carbocycles. The average molecular weight is 424 g/mol. The number of carbonyl (C=O) groups excluding carboxylic acids is 1. The van der Waals surface area contributed by atoms with Crippen LogP contribution in [0.5, 0.6) is 0 Å². The lowest BCUT2D eigenvalue weighted by Gasteiger charge is -2.33. The van der Waals surface area contributed by atoms with Crippen LogP contribution in [0.25, 0.3) is 16.7 Å². The van der Waals surface area contributed by atoms with E-state index in [-0.39, 0.29) is 24.1 Å². The van der Waals surface area contributed by atoms with Crippen molar-refractivity contribution in [2.45, 2.75) is 44.2 Å². The van der Waals surface area contributed by atoms with E-state index in [4.69, 9.17) is 4.74 Å². The summed E-state index contributed by atoms with van der Waals surface area (Å²) in [6.45, 7) is 2.34. The van der Waals surface area contributed by atoms with Gasteiger partial charge in [0.1, 0.15) is 6.61 Å². The predicted octanol–water partition coefficient (Wildman–Crippen LogP) is 5.35. The zero-order valence-corrected chi connectivity index (χ0v) is 18.1. The topological polar surface area (TPSA) is 55.3 Å². The van der Waals surface area contributed by atoms with Gasteiger partial charge in [-0.1, -0.05) is 54.6 Å². The molecule has 1 fully saturated rings. The lowest BCUT2D eigenvalue weighted by Crippen LogP contribution is -2.43. The standard InChI is InChI=1S/C27H25N3O2/c1-17-12-13-28-26(29-17)18-14-19-10-11-20(15-18)30(19)27(31)32-16-25-23-8-4-2-6-21(23)22-7-3-5-9-24(22)25/h2-9,12-14,19-20,25H,10-11,15-16H2,1H3. The number of nitrogens with zero attached hydrogens (tertiary/aromatic N) is 3. The van der Waals surface area contributed by atoms with Gasteiger partial charge in [0.15, 0.2) is 5.82 Å². The lowest BCUT2D eigenvalue weighted by atomic mass is 9.98. The molecule has 32 heavy (non-hydrogen) atoms. The van der Waals surface area contributed by atoms with E-state index >= 15 is 0 Å². The van der Waals surface area contributed by atoms with Crippen molar-refractivity contribution < 1.29 is 9.53 Å². The second-order valence-electron chi connectivity index (χ2n) is 8.93. The van der Waals surface area contributed by atoms with Gasteiger partial charge in [0.05, 0.1) is 6.04 Å². The van der Waals surface area contributed by atoms with E-state index in [1.807, 2.05) is 17.9 Å². The molecule has 3 heterocycles. The molecule has 2 unspecified atom stereocenters. The fraction of sp³-hybridized carbons (Fsp3) is 0.296. The molecule has 1 saturated heterocycles. The third-order valence-electron chi connectivity index (χ3n) is 7.02. The van der Waals surface area contributed by atoms with Gasteiger partial charge in [-0.25, -0.2) is 14.8 Å². The number of carbonyl (C=O) groups is 1. The van der Waals surface area contributed by atoms with Crippen LogP contribution in [0, 0.1) is 6.92 Å². The summed E-state index contributed by atoms with van der Waals surface area (Å²) in [4.78, 5) is 24.1. The Labute approximate surface area is 187 Å². The summed E-state index contributed by atoms with van der Waals surface area (Å²) in [5.41, 5.74) is 7.07. The first-order valence-corrected chi connectivity index (χ1v) is 11.3. The molecule has 0 spiro atoms. The molecule has 2 bridgehead atoms. The minimum absolute atomic E-state index is 0.0588. The van der Waals surface area contributed by atoms with Gasteiger partial charge in [-0.3, -0.25) is 4.90 Å². The summed E-state index contributed by atoms with van der Waals surface area (Å²) in [5, 5.41) is 0. The molecule has 5 nitrogen and oxygen atoms in total. The summed E-state index contributed by atoms with van der Waals surface area (Å²) in [7, 11) is 0. The number of hydrogen-bond acceptors (Lipinski definition) is 4. The van der Waals surface area contributed by atoms with Crippen molar-refractivity contribution in [1.82, 2.24) is 14.9 Å².